The van der Waals surface area contributed by atoms with Crippen molar-refractivity contribution < 1.29 is 0 Å². The molecule has 0 N–H and O–H groups in total. The minimum absolute atomic E-state index is 1.05. The molecule has 0 bridgehead atoms. The number of aromatic nitrogens is 3. The Morgan fingerprint density at radius 3 is 1.56 bits per heavy atom. The molecule has 0 aliphatic carbocycles. The predicted octanol–water partition coefficient (Wildman–Crippen LogP) is 9.64. The monoisotopic (exact) mass is 515 g/mol. The van der Waals surface area contributed by atoms with Crippen LogP contribution < -0.4 is 0 Å². The third-order valence-corrected chi connectivity index (χ3v) is 9.16. The number of hydrogen-bond donors (Lipinski definition) is 0. The zero-order valence-electron chi connectivity index (χ0n) is 20.9. The number of thiophene rings is 1. The van der Waals surface area contributed by atoms with Crippen molar-refractivity contribution in [1.29, 1.82) is 0 Å². The molecular weight excluding hydrogens is 494 g/mol. The van der Waals surface area contributed by atoms with Gasteiger partial charge in [0.05, 0.1) is 38.0 Å². The average Bonchev–Trinajstić information content (AvgIpc) is 3.65. The fraction of sp³-hybridized carbons (Fsp3) is 0. The van der Waals surface area contributed by atoms with E-state index in [0.717, 1.165) is 11.2 Å². The lowest BCUT2D eigenvalue weighted by Gasteiger charge is -2.09. The van der Waals surface area contributed by atoms with Crippen molar-refractivity contribution in [3.8, 4) is 11.4 Å². The van der Waals surface area contributed by atoms with Crippen molar-refractivity contribution in [3.63, 3.8) is 0 Å². The summed E-state index contributed by atoms with van der Waals surface area (Å²) < 4.78 is 7.23. The van der Waals surface area contributed by atoms with Gasteiger partial charge < -0.3 is 9.13 Å². The van der Waals surface area contributed by atoms with Gasteiger partial charge in [-0.3, -0.25) is 4.98 Å². The Morgan fingerprint density at radius 2 is 1.00 bits per heavy atom. The molecule has 182 valence electrons. The van der Waals surface area contributed by atoms with Crippen LogP contribution in [0, 0.1) is 0 Å². The maximum Gasteiger partial charge on any atom is 0.0910 e. The van der Waals surface area contributed by atoms with Gasteiger partial charge in [-0.05, 0) is 48.5 Å². The second-order valence-electron chi connectivity index (χ2n) is 10.0. The van der Waals surface area contributed by atoms with E-state index in [0.29, 0.717) is 0 Å². The molecule has 0 saturated heterocycles. The molecule has 0 saturated carbocycles. The standard InChI is InChI=1S/C35H21N3S/c1-5-13-28-23(9-1)24-10-2-6-14-29(24)37(28)22-17-18-33-27(21-22)34-35(39-33)32(19-20-36-34)38-30-15-7-3-11-25(30)26-12-4-8-16-31(26)38/h1-21H. The van der Waals surface area contributed by atoms with Crippen LogP contribution in [0.5, 0.6) is 0 Å². The van der Waals surface area contributed by atoms with Crippen molar-refractivity contribution in [1.82, 2.24) is 14.1 Å². The van der Waals surface area contributed by atoms with Crippen LogP contribution in [0.2, 0.25) is 0 Å². The number of para-hydroxylation sites is 4. The molecule has 0 spiro atoms. The molecule has 9 rings (SSSR count). The number of pyridine rings is 1. The molecule has 0 aliphatic rings. The molecule has 9 aromatic rings. The first-order valence-corrected chi connectivity index (χ1v) is 14.0. The number of hydrogen-bond acceptors (Lipinski definition) is 2. The van der Waals surface area contributed by atoms with Crippen molar-refractivity contribution in [2.24, 2.45) is 0 Å². The van der Waals surface area contributed by atoms with Gasteiger partial charge in [0.2, 0.25) is 0 Å². The summed E-state index contributed by atoms with van der Waals surface area (Å²) in [5, 5.41) is 6.28. The molecule has 4 heteroatoms. The predicted molar refractivity (Wildman–Crippen MR) is 166 cm³/mol. The van der Waals surface area contributed by atoms with Gasteiger partial charge in [0.1, 0.15) is 0 Å². The van der Waals surface area contributed by atoms with Crippen LogP contribution in [0.1, 0.15) is 0 Å². The number of benzene rings is 5. The minimum atomic E-state index is 1.05. The number of fused-ring (bicyclic) bond motifs is 9. The van der Waals surface area contributed by atoms with Crippen LogP contribution in [0.25, 0.3) is 75.3 Å². The highest BCUT2D eigenvalue weighted by Gasteiger charge is 2.18. The molecule has 5 aromatic carbocycles. The van der Waals surface area contributed by atoms with Crippen molar-refractivity contribution in [2.75, 3.05) is 0 Å². The zero-order chi connectivity index (χ0) is 25.5. The lowest BCUT2D eigenvalue weighted by Crippen LogP contribution is -1.95. The van der Waals surface area contributed by atoms with Gasteiger partial charge in [-0.15, -0.1) is 11.3 Å². The summed E-state index contributed by atoms with van der Waals surface area (Å²) in [5.41, 5.74) is 8.26. The fourth-order valence-corrected chi connectivity index (χ4v) is 7.48. The van der Waals surface area contributed by atoms with E-state index in [1.807, 2.05) is 17.5 Å². The van der Waals surface area contributed by atoms with E-state index in [-0.39, 0.29) is 0 Å². The summed E-state index contributed by atoms with van der Waals surface area (Å²) >= 11 is 1.82. The lowest BCUT2D eigenvalue weighted by molar-refractivity contribution is 1.18. The van der Waals surface area contributed by atoms with E-state index in [4.69, 9.17) is 4.98 Å². The van der Waals surface area contributed by atoms with E-state index >= 15 is 0 Å². The van der Waals surface area contributed by atoms with Crippen LogP contribution in [-0.2, 0) is 0 Å². The van der Waals surface area contributed by atoms with Crippen LogP contribution in [0.4, 0.5) is 0 Å². The van der Waals surface area contributed by atoms with Crippen LogP contribution in [0.3, 0.4) is 0 Å². The summed E-state index contributed by atoms with van der Waals surface area (Å²) in [4.78, 5) is 4.93. The molecule has 0 aliphatic heterocycles. The van der Waals surface area contributed by atoms with E-state index in [1.54, 1.807) is 0 Å². The highest BCUT2D eigenvalue weighted by atomic mass is 32.1. The molecule has 0 unspecified atom stereocenters. The Kier molecular flexibility index (Phi) is 4.21. The van der Waals surface area contributed by atoms with E-state index in [2.05, 4.69) is 130 Å². The second-order valence-corrected chi connectivity index (χ2v) is 11.1. The molecule has 0 atom stereocenters. The van der Waals surface area contributed by atoms with Gasteiger partial charge in [-0.25, -0.2) is 0 Å². The summed E-state index contributed by atoms with van der Waals surface area (Å²) in [6.07, 6.45) is 1.96. The molecule has 4 heterocycles. The second kappa shape index (κ2) is 7.79. The summed E-state index contributed by atoms with van der Waals surface area (Å²) in [5.74, 6) is 0. The summed E-state index contributed by atoms with van der Waals surface area (Å²) in [7, 11) is 0. The van der Waals surface area contributed by atoms with Crippen LogP contribution in [0.15, 0.2) is 128 Å². The smallest absolute Gasteiger partial charge is 0.0910 e. The number of rotatable bonds is 2. The molecule has 39 heavy (non-hydrogen) atoms. The molecule has 0 radical (unpaired) electrons. The SMILES string of the molecule is c1ccc2c(c1)c1ccccc1n2-c1ccc2sc3c(-n4c5ccccc5c5ccccc54)ccnc3c2c1. The number of nitrogens with zero attached hydrogens (tertiary/aromatic N) is 3. The van der Waals surface area contributed by atoms with E-state index < -0.39 is 0 Å². The van der Waals surface area contributed by atoms with Crippen molar-refractivity contribution in [2.45, 2.75) is 0 Å². The maximum absolute atomic E-state index is 4.93. The van der Waals surface area contributed by atoms with Crippen molar-refractivity contribution >= 4 is 75.3 Å². The normalized spacial score (nSPS) is 12.1. The topological polar surface area (TPSA) is 22.8 Å². The Balaban J connectivity index is 1.34. The molecule has 4 aromatic heterocycles. The van der Waals surface area contributed by atoms with Crippen LogP contribution in [-0.4, -0.2) is 14.1 Å². The van der Waals surface area contributed by atoms with Gasteiger partial charge in [0.25, 0.3) is 0 Å². The highest BCUT2D eigenvalue weighted by Crippen LogP contribution is 2.41. The average molecular weight is 516 g/mol. The largest absolute Gasteiger partial charge is 0.309 e. The molecule has 3 nitrogen and oxygen atoms in total. The Bertz CT molecular complexity index is 2300. The molecule has 0 amide bonds. The van der Waals surface area contributed by atoms with Gasteiger partial charge >= 0.3 is 0 Å². The first kappa shape index (κ1) is 21.1. The summed E-state index contributed by atoms with van der Waals surface area (Å²) in [6.45, 7) is 0. The molecule has 0 fully saturated rings. The quantitative estimate of drug-likeness (QED) is 0.225. The van der Waals surface area contributed by atoms with E-state index in [9.17, 15) is 0 Å². The van der Waals surface area contributed by atoms with Gasteiger partial charge in [-0.2, -0.15) is 0 Å². The van der Waals surface area contributed by atoms with E-state index in [1.165, 1.54) is 64.1 Å². The Morgan fingerprint density at radius 1 is 0.487 bits per heavy atom. The Labute approximate surface area is 227 Å². The van der Waals surface area contributed by atoms with Gasteiger partial charge in [0.15, 0.2) is 0 Å². The Hall–Kier alpha value is -4.93. The first-order valence-electron chi connectivity index (χ1n) is 13.2. The zero-order valence-corrected chi connectivity index (χ0v) is 21.7. The lowest BCUT2D eigenvalue weighted by atomic mass is 10.2. The molecular formula is C35H21N3S. The minimum Gasteiger partial charge on any atom is -0.309 e. The van der Waals surface area contributed by atoms with Crippen molar-refractivity contribution in [3.05, 3.63) is 128 Å². The fourth-order valence-electron chi connectivity index (χ4n) is 6.33. The first-order chi connectivity index (χ1) is 19.4. The van der Waals surface area contributed by atoms with Gasteiger partial charge in [0, 0.05) is 43.5 Å². The summed E-state index contributed by atoms with van der Waals surface area (Å²) in [6, 6.07) is 43.7. The van der Waals surface area contributed by atoms with Gasteiger partial charge in [-0.1, -0.05) is 72.8 Å². The third kappa shape index (κ3) is 2.84. The van der Waals surface area contributed by atoms with Crippen LogP contribution >= 0.6 is 11.3 Å². The third-order valence-electron chi connectivity index (χ3n) is 7.97. The highest BCUT2D eigenvalue weighted by molar-refractivity contribution is 7.26. The maximum atomic E-state index is 4.93.